The average molecular weight is 913 g/mol. The molecular weight excluding hydrogens is 857 g/mol. The summed E-state index contributed by atoms with van der Waals surface area (Å²) in [6.07, 6.45) is 2.98. The van der Waals surface area contributed by atoms with Gasteiger partial charge in [-0.2, -0.15) is 4.98 Å². The predicted octanol–water partition coefficient (Wildman–Crippen LogP) is 1.05. The summed E-state index contributed by atoms with van der Waals surface area (Å²) < 4.78 is 22.4. The number of morpholine rings is 1. The van der Waals surface area contributed by atoms with Crippen molar-refractivity contribution in [2.24, 2.45) is 11.7 Å². The molecule has 66 heavy (non-hydrogen) atoms. The molecule has 352 valence electrons. The second-order valence-electron chi connectivity index (χ2n) is 16.8. The zero-order valence-corrected chi connectivity index (χ0v) is 36.8. The summed E-state index contributed by atoms with van der Waals surface area (Å²) in [5.74, 6) is -3.10. The van der Waals surface area contributed by atoms with Crippen LogP contribution in [0.1, 0.15) is 68.9 Å². The number of carbonyl (C=O) groups excluding carboxylic acids is 7. The van der Waals surface area contributed by atoms with E-state index in [1.807, 2.05) is 21.9 Å². The number of aromatic nitrogens is 1. The number of ether oxygens (including phenoxy) is 3. The van der Waals surface area contributed by atoms with Gasteiger partial charge >= 0.3 is 0 Å². The van der Waals surface area contributed by atoms with E-state index in [0.29, 0.717) is 122 Å². The molecule has 6 heterocycles. The molecule has 5 aliphatic rings. The Labute approximate surface area is 381 Å². The van der Waals surface area contributed by atoms with Gasteiger partial charge in [0.05, 0.1) is 68.6 Å². The SMILES string of the molecule is NC(=O)C1CCN(c2cc(CN3CCN(C(=O)CCOCCOCCNc4cccc5c4C(=O)N(C4CCC(=O)NC4=O)C5=O)CC3)ccc2NC(=O)c2coc(N3CCOCC3)n2)CC1. The minimum atomic E-state index is -1.04. The van der Waals surface area contributed by atoms with Crippen LogP contribution in [0.3, 0.4) is 0 Å². The quantitative estimate of drug-likeness (QED) is 0.103. The second kappa shape index (κ2) is 21.3. The number of carbonyl (C=O) groups is 7. The number of anilines is 4. The van der Waals surface area contributed by atoms with Crippen LogP contribution in [0.4, 0.5) is 23.1 Å². The molecule has 2 aromatic carbocycles. The highest BCUT2D eigenvalue weighted by Gasteiger charge is 2.45. The van der Waals surface area contributed by atoms with Gasteiger partial charge in [-0.05, 0) is 49.1 Å². The largest absolute Gasteiger partial charge is 0.431 e. The lowest BCUT2D eigenvalue weighted by molar-refractivity contribution is -0.136. The van der Waals surface area contributed by atoms with Crippen molar-refractivity contribution in [1.82, 2.24) is 25.0 Å². The Morgan fingerprint density at radius 1 is 0.833 bits per heavy atom. The molecule has 1 atom stereocenters. The Bertz CT molecular complexity index is 2300. The lowest BCUT2D eigenvalue weighted by atomic mass is 9.95. The summed E-state index contributed by atoms with van der Waals surface area (Å²) in [5.41, 5.74) is 9.15. The van der Waals surface area contributed by atoms with Crippen molar-refractivity contribution < 1.29 is 52.2 Å². The standard InChI is InChI=1S/C45H56N10O11/c46-40(58)30-8-12-52(13-9-30)36-26-29(4-5-32(36)48-41(59)34-28-66-45(49-34)54-18-22-65-23-19-54)27-51-14-16-53(17-15-51)38(57)10-20-63-24-25-64-21-11-47-33-3-1-2-31-39(33)44(62)55(43(31)61)35-6-7-37(56)50-42(35)60/h1-5,26,28,30,35,47H,6-25,27H2,(H2,46,58)(H,48,59)(H,50,56,60). The number of hydrogen-bond acceptors (Lipinski definition) is 16. The number of amides is 7. The van der Waals surface area contributed by atoms with E-state index in [9.17, 15) is 33.6 Å². The third-order valence-electron chi connectivity index (χ3n) is 12.5. The van der Waals surface area contributed by atoms with Crippen LogP contribution in [-0.4, -0.2) is 166 Å². The van der Waals surface area contributed by atoms with E-state index < -0.39 is 29.7 Å². The number of nitrogens with two attached hydrogens (primary N) is 1. The maximum Gasteiger partial charge on any atom is 0.298 e. The third-order valence-corrected chi connectivity index (χ3v) is 12.5. The molecule has 0 radical (unpaired) electrons. The van der Waals surface area contributed by atoms with Crippen LogP contribution in [0, 0.1) is 5.92 Å². The van der Waals surface area contributed by atoms with Gasteiger partial charge in [-0.15, -0.1) is 0 Å². The highest BCUT2D eigenvalue weighted by atomic mass is 16.5. The Balaban J connectivity index is 0.744. The van der Waals surface area contributed by atoms with Crippen molar-refractivity contribution in [1.29, 1.82) is 0 Å². The van der Waals surface area contributed by atoms with Gasteiger partial charge in [-0.1, -0.05) is 12.1 Å². The first kappa shape index (κ1) is 46.1. The zero-order valence-electron chi connectivity index (χ0n) is 36.8. The number of hydrogen-bond donors (Lipinski definition) is 4. The molecule has 1 unspecified atom stereocenters. The summed E-state index contributed by atoms with van der Waals surface area (Å²) in [4.78, 5) is 102. The highest BCUT2D eigenvalue weighted by molar-refractivity contribution is 6.25. The maximum absolute atomic E-state index is 13.4. The van der Waals surface area contributed by atoms with Crippen LogP contribution in [0.25, 0.3) is 0 Å². The minimum absolute atomic E-state index is 0.0188. The Kier molecular flexibility index (Phi) is 14.9. The Morgan fingerprint density at radius 3 is 2.33 bits per heavy atom. The average Bonchev–Trinajstić information content (AvgIpc) is 3.92. The molecule has 0 aliphatic carbocycles. The van der Waals surface area contributed by atoms with Gasteiger partial charge in [-0.25, -0.2) is 0 Å². The molecule has 8 rings (SSSR count). The number of nitrogens with zero attached hydrogens (tertiary/aromatic N) is 6. The smallest absolute Gasteiger partial charge is 0.298 e. The summed E-state index contributed by atoms with van der Waals surface area (Å²) in [7, 11) is 0. The molecule has 4 saturated heterocycles. The molecule has 5 aliphatic heterocycles. The number of benzene rings is 2. The van der Waals surface area contributed by atoms with Crippen molar-refractivity contribution >= 4 is 64.4 Å². The molecule has 21 heteroatoms. The van der Waals surface area contributed by atoms with E-state index in [4.69, 9.17) is 24.4 Å². The predicted molar refractivity (Wildman–Crippen MR) is 238 cm³/mol. The van der Waals surface area contributed by atoms with E-state index in [2.05, 4.69) is 36.8 Å². The van der Waals surface area contributed by atoms with Crippen LogP contribution in [0.2, 0.25) is 0 Å². The second-order valence-corrected chi connectivity index (χ2v) is 16.8. The van der Waals surface area contributed by atoms with E-state index in [1.165, 1.54) is 6.26 Å². The summed E-state index contributed by atoms with van der Waals surface area (Å²) in [5, 5.41) is 8.37. The molecule has 21 nitrogen and oxygen atoms in total. The fourth-order valence-corrected chi connectivity index (χ4v) is 8.88. The molecule has 5 N–H and O–H groups in total. The van der Waals surface area contributed by atoms with Gasteiger partial charge in [0.25, 0.3) is 23.7 Å². The van der Waals surface area contributed by atoms with E-state index >= 15 is 0 Å². The third kappa shape index (κ3) is 10.8. The monoisotopic (exact) mass is 912 g/mol. The van der Waals surface area contributed by atoms with Crippen LogP contribution in [0.5, 0.6) is 0 Å². The maximum atomic E-state index is 13.4. The van der Waals surface area contributed by atoms with Crippen LogP contribution < -0.4 is 31.5 Å². The molecule has 0 bridgehead atoms. The van der Waals surface area contributed by atoms with Crippen molar-refractivity contribution in [3.63, 3.8) is 0 Å². The molecule has 0 saturated carbocycles. The Hall–Kier alpha value is -6.42. The molecule has 4 fully saturated rings. The van der Waals surface area contributed by atoms with Gasteiger partial charge in [0.2, 0.25) is 23.6 Å². The van der Waals surface area contributed by atoms with Gasteiger partial charge in [0.15, 0.2) is 5.69 Å². The lowest BCUT2D eigenvalue weighted by Crippen LogP contribution is -2.54. The minimum Gasteiger partial charge on any atom is -0.431 e. The zero-order chi connectivity index (χ0) is 46.2. The fraction of sp³-hybridized carbons (Fsp3) is 0.511. The lowest BCUT2D eigenvalue weighted by Gasteiger charge is -2.36. The number of oxazole rings is 1. The molecule has 0 spiro atoms. The molecular formula is C45H56N10O11. The Morgan fingerprint density at radius 2 is 1.59 bits per heavy atom. The first-order valence-corrected chi connectivity index (χ1v) is 22.5. The fourth-order valence-electron chi connectivity index (χ4n) is 8.88. The number of piperazine rings is 1. The highest BCUT2D eigenvalue weighted by Crippen LogP contribution is 2.34. The number of nitrogens with one attached hydrogen (secondary N) is 3. The van der Waals surface area contributed by atoms with Gasteiger partial charge < -0.3 is 49.7 Å². The first-order valence-electron chi connectivity index (χ1n) is 22.5. The number of imide groups is 2. The van der Waals surface area contributed by atoms with Crippen molar-refractivity contribution in [3.8, 4) is 0 Å². The normalized spacial score (nSPS) is 19.5. The van der Waals surface area contributed by atoms with Crippen molar-refractivity contribution in [2.75, 3.05) is 119 Å². The number of fused-ring (bicyclic) bond motifs is 1. The first-order chi connectivity index (χ1) is 32.0. The summed E-state index contributed by atoms with van der Waals surface area (Å²) >= 11 is 0. The van der Waals surface area contributed by atoms with E-state index in [1.54, 1.807) is 18.2 Å². The number of rotatable bonds is 18. The van der Waals surface area contributed by atoms with E-state index in [0.717, 1.165) is 16.2 Å². The summed E-state index contributed by atoms with van der Waals surface area (Å²) in [6, 6.07) is 10.2. The van der Waals surface area contributed by atoms with Crippen LogP contribution in [0.15, 0.2) is 47.1 Å². The van der Waals surface area contributed by atoms with Gasteiger partial charge in [0, 0.05) is 83.5 Å². The van der Waals surface area contributed by atoms with Gasteiger partial charge in [0.1, 0.15) is 12.3 Å². The van der Waals surface area contributed by atoms with Crippen LogP contribution in [-0.2, 0) is 39.9 Å². The molecule has 1 aromatic heterocycles. The van der Waals surface area contributed by atoms with Gasteiger partial charge in [-0.3, -0.25) is 48.7 Å². The molecule has 3 aromatic rings. The number of piperidine rings is 2. The van der Waals surface area contributed by atoms with Crippen molar-refractivity contribution in [2.45, 2.75) is 44.7 Å². The number of primary amides is 1. The topological polar surface area (TPSA) is 252 Å². The van der Waals surface area contributed by atoms with E-state index in [-0.39, 0.29) is 72.9 Å². The summed E-state index contributed by atoms with van der Waals surface area (Å²) in [6.45, 7) is 8.28. The molecule has 7 amide bonds. The van der Waals surface area contributed by atoms with Crippen molar-refractivity contribution in [3.05, 3.63) is 65.0 Å². The van der Waals surface area contributed by atoms with Crippen LogP contribution >= 0.6 is 0 Å².